The van der Waals surface area contributed by atoms with Crippen LogP contribution < -0.4 is 0 Å². The second-order valence-electron chi connectivity index (χ2n) is 5.82. The first-order chi connectivity index (χ1) is 8.72. The average molecular weight is 242 g/mol. The first kappa shape index (κ1) is 13.4. The number of hydrogen-bond acceptors (Lipinski definition) is 0. The Bertz CT molecular complexity index is 379. The van der Waals surface area contributed by atoms with Gasteiger partial charge in [0.2, 0.25) is 0 Å². The smallest absolute Gasteiger partial charge is 0.00709 e. The van der Waals surface area contributed by atoms with E-state index in [1.165, 1.54) is 48.8 Å². The van der Waals surface area contributed by atoms with E-state index in [0.29, 0.717) is 5.92 Å². The molecule has 0 heteroatoms. The summed E-state index contributed by atoms with van der Waals surface area (Å²) in [5.74, 6) is 1.40. The summed E-state index contributed by atoms with van der Waals surface area (Å²) in [5.41, 5.74) is 4.25. The van der Waals surface area contributed by atoms with Gasteiger partial charge in [0.25, 0.3) is 0 Å². The third kappa shape index (κ3) is 3.04. The predicted molar refractivity (Wildman–Crippen MR) is 80.0 cm³/mol. The van der Waals surface area contributed by atoms with Crippen molar-refractivity contribution in [3.05, 3.63) is 47.5 Å². The number of rotatable bonds is 4. The number of aryl methyl sites for hydroxylation is 1. The molecule has 2 rings (SSSR count). The molecule has 0 heterocycles. The summed E-state index contributed by atoms with van der Waals surface area (Å²) in [5, 5.41) is 0. The van der Waals surface area contributed by atoms with Crippen molar-refractivity contribution in [2.75, 3.05) is 0 Å². The summed E-state index contributed by atoms with van der Waals surface area (Å²) in [6.07, 6.45) is 8.12. The lowest BCUT2D eigenvalue weighted by Gasteiger charge is -2.31. The Balaban J connectivity index is 2.20. The van der Waals surface area contributed by atoms with E-state index >= 15 is 0 Å². The van der Waals surface area contributed by atoms with Crippen LogP contribution >= 0.6 is 0 Å². The van der Waals surface area contributed by atoms with Gasteiger partial charge in [-0.05, 0) is 43.2 Å². The fourth-order valence-electron chi connectivity index (χ4n) is 3.39. The molecule has 18 heavy (non-hydrogen) atoms. The molecule has 0 N–H and O–H groups in total. The van der Waals surface area contributed by atoms with Crippen LogP contribution in [0.15, 0.2) is 36.4 Å². The monoisotopic (exact) mass is 242 g/mol. The van der Waals surface area contributed by atoms with Gasteiger partial charge in [0, 0.05) is 5.92 Å². The lowest BCUT2D eigenvalue weighted by molar-refractivity contribution is 0.325. The molecule has 1 saturated carbocycles. The Morgan fingerprint density at radius 2 is 1.78 bits per heavy atom. The molecule has 1 fully saturated rings. The van der Waals surface area contributed by atoms with E-state index in [0.717, 1.165) is 12.3 Å². The number of benzene rings is 1. The van der Waals surface area contributed by atoms with Crippen molar-refractivity contribution < 1.29 is 0 Å². The quantitative estimate of drug-likeness (QED) is 0.612. The summed E-state index contributed by atoms with van der Waals surface area (Å²) in [6.45, 7) is 8.67. The van der Waals surface area contributed by atoms with Crippen molar-refractivity contribution >= 4 is 0 Å². The maximum Gasteiger partial charge on any atom is 0.00709 e. The molecule has 0 bridgehead atoms. The Morgan fingerprint density at radius 1 is 1.17 bits per heavy atom. The maximum absolute atomic E-state index is 4.25. The van der Waals surface area contributed by atoms with Gasteiger partial charge in [-0.15, -0.1) is 0 Å². The highest BCUT2D eigenvalue weighted by atomic mass is 14.3. The van der Waals surface area contributed by atoms with Gasteiger partial charge < -0.3 is 0 Å². The zero-order valence-corrected chi connectivity index (χ0v) is 11.9. The third-order valence-electron chi connectivity index (χ3n) is 4.40. The molecule has 0 saturated heterocycles. The second-order valence-corrected chi connectivity index (χ2v) is 5.82. The minimum atomic E-state index is 0.580. The summed E-state index contributed by atoms with van der Waals surface area (Å²) in [4.78, 5) is 0. The van der Waals surface area contributed by atoms with Crippen LogP contribution in [0.1, 0.15) is 63.0 Å². The third-order valence-corrected chi connectivity index (χ3v) is 4.40. The average Bonchev–Trinajstić information content (AvgIpc) is 2.40. The van der Waals surface area contributed by atoms with Gasteiger partial charge >= 0.3 is 0 Å². The molecule has 1 atom stereocenters. The molecular weight excluding hydrogens is 216 g/mol. The van der Waals surface area contributed by atoms with Crippen LogP contribution in [0.25, 0.3) is 0 Å². The summed E-state index contributed by atoms with van der Waals surface area (Å²) < 4.78 is 0. The van der Waals surface area contributed by atoms with Gasteiger partial charge in [-0.25, -0.2) is 0 Å². The van der Waals surface area contributed by atoms with Crippen molar-refractivity contribution in [2.45, 2.75) is 58.3 Å². The van der Waals surface area contributed by atoms with E-state index < -0.39 is 0 Å². The minimum Gasteiger partial charge on any atom is -0.0995 e. The van der Waals surface area contributed by atoms with Crippen LogP contribution in [0.5, 0.6) is 0 Å². The molecule has 1 aromatic rings. The van der Waals surface area contributed by atoms with Gasteiger partial charge in [-0.3, -0.25) is 0 Å². The predicted octanol–water partition coefficient (Wildman–Crippen LogP) is 5.49. The topological polar surface area (TPSA) is 0 Å². The molecule has 0 spiro atoms. The lowest BCUT2D eigenvalue weighted by Crippen LogP contribution is -2.17. The normalized spacial score (nSPS) is 18.6. The highest BCUT2D eigenvalue weighted by Crippen LogP contribution is 2.39. The van der Waals surface area contributed by atoms with E-state index in [1.54, 1.807) is 0 Å². The molecule has 0 aliphatic heterocycles. The number of hydrogen-bond donors (Lipinski definition) is 0. The summed E-state index contributed by atoms with van der Waals surface area (Å²) in [6, 6.07) is 9.22. The summed E-state index contributed by atoms with van der Waals surface area (Å²) in [7, 11) is 0. The molecule has 1 aromatic carbocycles. The molecule has 0 aromatic heterocycles. The van der Waals surface area contributed by atoms with Crippen LogP contribution in [0, 0.1) is 5.92 Å². The van der Waals surface area contributed by atoms with E-state index in [9.17, 15) is 0 Å². The van der Waals surface area contributed by atoms with Gasteiger partial charge in [0.15, 0.2) is 0 Å². The van der Waals surface area contributed by atoms with Gasteiger partial charge in [0.1, 0.15) is 0 Å². The second kappa shape index (κ2) is 6.22. The van der Waals surface area contributed by atoms with Crippen molar-refractivity contribution in [1.82, 2.24) is 0 Å². The fourth-order valence-corrected chi connectivity index (χ4v) is 3.39. The first-order valence-corrected chi connectivity index (χ1v) is 7.46. The molecule has 0 amide bonds. The minimum absolute atomic E-state index is 0.580. The van der Waals surface area contributed by atoms with Crippen LogP contribution in [-0.2, 0) is 6.42 Å². The van der Waals surface area contributed by atoms with Crippen LogP contribution in [0.2, 0.25) is 0 Å². The van der Waals surface area contributed by atoms with Gasteiger partial charge in [-0.2, -0.15) is 0 Å². The van der Waals surface area contributed by atoms with Gasteiger partial charge in [0.05, 0.1) is 0 Å². The Kier molecular flexibility index (Phi) is 4.63. The van der Waals surface area contributed by atoms with Crippen LogP contribution in [0.3, 0.4) is 0 Å². The standard InChI is InChI=1S/C18H26/c1-4-15-10-12-17(13-11-15)18(14(2)3)16-8-6-5-7-9-16/h10-13,16,18H,2,4-9H2,1,3H3. The first-order valence-electron chi connectivity index (χ1n) is 7.46. The molecule has 0 radical (unpaired) electrons. The molecule has 1 unspecified atom stereocenters. The van der Waals surface area contributed by atoms with Crippen molar-refractivity contribution in [2.24, 2.45) is 5.92 Å². The lowest BCUT2D eigenvalue weighted by atomic mass is 9.74. The molecule has 0 nitrogen and oxygen atoms in total. The van der Waals surface area contributed by atoms with Crippen LogP contribution in [0.4, 0.5) is 0 Å². The Hall–Kier alpha value is -1.04. The molecule has 1 aliphatic rings. The number of allylic oxidation sites excluding steroid dienone is 1. The molecule has 1 aliphatic carbocycles. The van der Waals surface area contributed by atoms with E-state index in [-0.39, 0.29) is 0 Å². The van der Waals surface area contributed by atoms with Gasteiger partial charge in [-0.1, -0.05) is 62.6 Å². The highest BCUT2D eigenvalue weighted by Gasteiger charge is 2.25. The fraction of sp³-hybridized carbons (Fsp3) is 0.556. The van der Waals surface area contributed by atoms with E-state index in [4.69, 9.17) is 0 Å². The van der Waals surface area contributed by atoms with E-state index in [1.807, 2.05) is 0 Å². The van der Waals surface area contributed by atoms with Crippen molar-refractivity contribution in [3.63, 3.8) is 0 Å². The Morgan fingerprint density at radius 3 is 2.28 bits per heavy atom. The van der Waals surface area contributed by atoms with Crippen LogP contribution in [-0.4, -0.2) is 0 Å². The highest BCUT2D eigenvalue weighted by molar-refractivity contribution is 5.31. The summed E-state index contributed by atoms with van der Waals surface area (Å²) >= 11 is 0. The zero-order valence-electron chi connectivity index (χ0n) is 11.9. The molecular formula is C18H26. The molecule has 98 valence electrons. The zero-order chi connectivity index (χ0) is 13.0. The SMILES string of the molecule is C=C(C)C(c1ccc(CC)cc1)C1CCCCC1. The van der Waals surface area contributed by atoms with Crippen molar-refractivity contribution in [3.8, 4) is 0 Å². The van der Waals surface area contributed by atoms with Crippen molar-refractivity contribution in [1.29, 1.82) is 0 Å². The maximum atomic E-state index is 4.25. The van der Waals surface area contributed by atoms with E-state index in [2.05, 4.69) is 44.7 Å². The Labute approximate surface area is 112 Å². The largest absolute Gasteiger partial charge is 0.0995 e.